The van der Waals surface area contributed by atoms with Gasteiger partial charge in [0.25, 0.3) is 0 Å². The van der Waals surface area contributed by atoms with E-state index in [9.17, 15) is 0 Å². The normalized spacial score (nSPS) is 23.9. The highest BCUT2D eigenvalue weighted by atomic mass is 16.5. The van der Waals surface area contributed by atoms with Crippen LogP contribution in [0.4, 0.5) is 11.4 Å². The fourth-order valence-electron chi connectivity index (χ4n) is 2.67. The van der Waals surface area contributed by atoms with E-state index in [1.54, 1.807) is 0 Å². The first-order valence-corrected chi connectivity index (χ1v) is 7.52. The summed E-state index contributed by atoms with van der Waals surface area (Å²) in [5, 5.41) is 0. The van der Waals surface area contributed by atoms with E-state index in [-0.39, 0.29) is 0 Å². The summed E-state index contributed by atoms with van der Waals surface area (Å²) >= 11 is 0. The zero-order valence-electron chi connectivity index (χ0n) is 13.1. The molecule has 1 aromatic rings. The van der Waals surface area contributed by atoms with Crippen LogP contribution in [-0.4, -0.2) is 43.7 Å². The maximum Gasteiger partial charge on any atom is 0.144 e. The molecule has 1 aromatic carbocycles. The molecule has 1 heterocycles. The van der Waals surface area contributed by atoms with Crippen molar-refractivity contribution in [1.29, 1.82) is 0 Å². The second-order valence-electron chi connectivity index (χ2n) is 5.84. The molecule has 4 heteroatoms. The lowest BCUT2D eigenvalue weighted by molar-refractivity contribution is 0.170. The van der Waals surface area contributed by atoms with Gasteiger partial charge < -0.3 is 15.4 Å². The number of nitrogens with two attached hydrogens (primary N) is 1. The quantitative estimate of drug-likeness (QED) is 0.859. The van der Waals surface area contributed by atoms with Gasteiger partial charge in [-0.1, -0.05) is 6.92 Å². The summed E-state index contributed by atoms with van der Waals surface area (Å²) in [6.07, 6.45) is 0.992. The smallest absolute Gasteiger partial charge is 0.144 e. The lowest BCUT2D eigenvalue weighted by atomic mass is 10.1. The Labute approximate surface area is 122 Å². The zero-order chi connectivity index (χ0) is 14.7. The van der Waals surface area contributed by atoms with Gasteiger partial charge in [0.1, 0.15) is 5.75 Å². The van der Waals surface area contributed by atoms with E-state index >= 15 is 0 Å². The molecule has 2 atom stereocenters. The van der Waals surface area contributed by atoms with Crippen molar-refractivity contribution in [3.63, 3.8) is 0 Å². The molecule has 0 saturated carbocycles. The average Bonchev–Trinajstić information content (AvgIpc) is 2.43. The Kier molecular flexibility index (Phi) is 4.76. The summed E-state index contributed by atoms with van der Waals surface area (Å²) in [5.74, 6) is 0.809. The third-order valence-electron chi connectivity index (χ3n) is 4.18. The SMILES string of the molecule is CCCOc1cc(N2CC(C)N(C)C(C)C2)ccc1N. The topological polar surface area (TPSA) is 41.7 Å². The number of rotatable bonds is 4. The molecule has 2 unspecified atom stereocenters. The van der Waals surface area contributed by atoms with Gasteiger partial charge in [0.15, 0.2) is 0 Å². The molecular formula is C16H27N3O. The summed E-state index contributed by atoms with van der Waals surface area (Å²) in [4.78, 5) is 4.86. The summed E-state index contributed by atoms with van der Waals surface area (Å²) in [5.41, 5.74) is 7.91. The van der Waals surface area contributed by atoms with Crippen molar-refractivity contribution >= 4 is 11.4 Å². The van der Waals surface area contributed by atoms with Crippen molar-refractivity contribution in [1.82, 2.24) is 4.90 Å². The summed E-state index contributed by atoms with van der Waals surface area (Å²) in [6, 6.07) is 7.23. The Morgan fingerprint density at radius 3 is 2.50 bits per heavy atom. The maximum atomic E-state index is 5.98. The van der Waals surface area contributed by atoms with Crippen LogP contribution in [0.2, 0.25) is 0 Å². The highest BCUT2D eigenvalue weighted by molar-refractivity contribution is 5.62. The molecule has 0 aliphatic carbocycles. The molecule has 1 aliphatic rings. The third-order valence-corrected chi connectivity index (χ3v) is 4.18. The van der Waals surface area contributed by atoms with E-state index in [4.69, 9.17) is 10.5 Å². The lowest BCUT2D eigenvalue weighted by Gasteiger charge is -2.43. The van der Waals surface area contributed by atoms with Crippen LogP contribution in [0.15, 0.2) is 18.2 Å². The monoisotopic (exact) mass is 277 g/mol. The largest absolute Gasteiger partial charge is 0.491 e. The molecule has 20 heavy (non-hydrogen) atoms. The minimum absolute atomic E-state index is 0.552. The Bertz CT molecular complexity index is 437. The molecule has 1 fully saturated rings. The average molecular weight is 277 g/mol. The number of nitrogen functional groups attached to an aromatic ring is 1. The van der Waals surface area contributed by atoms with Crippen LogP contribution in [0.1, 0.15) is 27.2 Å². The van der Waals surface area contributed by atoms with Gasteiger partial charge in [-0.05, 0) is 39.4 Å². The number of anilines is 2. The van der Waals surface area contributed by atoms with Crippen molar-refractivity contribution in [2.75, 3.05) is 37.4 Å². The van der Waals surface area contributed by atoms with Crippen molar-refractivity contribution < 1.29 is 4.74 Å². The number of nitrogens with zero attached hydrogens (tertiary/aromatic N) is 2. The number of benzene rings is 1. The molecule has 2 N–H and O–H groups in total. The Hall–Kier alpha value is -1.42. The van der Waals surface area contributed by atoms with Gasteiger partial charge in [0.05, 0.1) is 12.3 Å². The predicted molar refractivity (Wildman–Crippen MR) is 85.5 cm³/mol. The van der Waals surface area contributed by atoms with E-state index < -0.39 is 0 Å². The molecule has 0 amide bonds. The van der Waals surface area contributed by atoms with Crippen LogP contribution >= 0.6 is 0 Å². The van der Waals surface area contributed by atoms with E-state index in [1.807, 2.05) is 6.07 Å². The molecule has 0 spiro atoms. The second-order valence-corrected chi connectivity index (χ2v) is 5.84. The number of hydrogen-bond donors (Lipinski definition) is 1. The fourth-order valence-corrected chi connectivity index (χ4v) is 2.67. The Morgan fingerprint density at radius 1 is 1.25 bits per heavy atom. The van der Waals surface area contributed by atoms with E-state index in [1.165, 1.54) is 5.69 Å². The van der Waals surface area contributed by atoms with Gasteiger partial charge in [-0.2, -0.15) is 0 Å². The van der Waals surface area contributed by atoms with Gasteiger partial charge in [-0.25, -0.2) is 0 Å². The molecule has 1 aliphatic heterocycles. The van der Waals surface area contributed by atoms with Crippen molar-refractivity contribution in [2.45, 2.75) is 39.3 Å². The number of ether oxygens (including phenoxy) is 1. The van der Waals surface area contributed by atoms with Crippen molar-refractivity contribution in [2.24, 2.45) is 0 Å². The molecule has 0 bridgehead atoms. The van der Waals surface area contributed by atoms with Gasteiger partial charge in [-0.15, -0.1) is 0 Å². The van der Waals surface area contributed by atoms with Gasteiger partial charge in [-0.3, -0.25) is 4.90 Å². The minimum Gasteiger partial charge on any atom is -0.491 e. The first kappa shape index (κ1) is 15.0. The van der Waals surface area contributed by atoms with Gasteiger partial charge in [0.2, 0.25) is 0 Å². The van der Waals surface area contributed by atoms with Crippen LogP contribution in [0.5, 0.6) is 5.75 Å². The number of likely N-dealkylation sites (N-methyl/N-ethyl adjacent to an activating group) is 1. The Morgan fingerprint density at radius 2 is 1.90 bits per heavy atom. The van der Waals surface area contributed by atoms with E-state index in [0.717, 1.165) is 30.9 Å². The molecule has 0 aromatic heterocycles. The molecule has 112 valence electrons. The zero-order valence-corrected chi connectivity index (χ0v) is 13.1. The minimum atomic E-state index is 0.552. The van der Waals surface area contributed by atoms with Crippen LogP contribution in [0.3, 0.4) is 0 Å². The molecule has 4 nitrogen and oxygen atoms in total. The Balaban J connectivity index is 2.16. The van der Waals surface area contributed by atoms with Gasteiger partial charge in [0, 0.05) is 36.9 Å². The summed E-state index contributed by atoms with van der Waals surface area (Å²) < 4.78 is 5.73. The van der Waals surface area contributed by atoms with Crippen LogP contribution in [-0.2, 0) is 0 Å². The number of piperazine rings is 1. The highest BCUT2D eigenvalue weighted by Crippen LogP contribution is 2.29. The first-order valence-electron chi connectivity index (χ1n) is 7.52. The predicted octanol–water partition coefficient (Wildman–Crippen LogP) is 2.59. The van der Waals surface area contributed by atoms with Gasteiger partial charge >= 0.3 is 0 Å². The highest BCUT2D eigenvalue weighted by Gasteiger charge is 2.26. The van der Waals surface area contributed by atoms with Crippen LogP contribution in [0, 0.1) is 0 Å². The standard InChI is InChI=1S/C16H27N3O/c1-5-8-20-16-9-14(6-7-15(16)17)19-10-12(2)18(4)13(3)11-19/h6-7,9,12-13H,5,8,10-11,17H2,1-4H3. The first-order chi connectivity index (χ1) is 9.52. The third kappa shape index (κ3) is 3.18. The van der Waals surface area contributed by atoms with Crippen molar-refractivity contribution in [3.8, 4) is 5.75 Å². The van der Waals surface area contributed by atoms with E-state index in [2.05, 4.69) is 49.8 Å². The fraction of sp³-hybridized carbons (Fsp3) is 0.625. The van der Waals surface area contributed by atoms with Crippen LogP contribution in [0.25, 0.3) is 0 Å². The molecular weight excluding hydrogens is 250 g/mol. The molecule has 2 rings (SSSR count). The maximum absolute atomic E-state index is 5.98. The molecule has 0 radical (unpaired) electrons. The molecule has 1 saturated heterocycles. The van der Waals surface area contributed by atoms with Crippen LogP contribution < -0.4 is 15.4 Å². The van der Waals surface area contributed by atoms with Crippen molar-refractivity contribution in [3.05, 3.63) is 18.2 Å². The van der Waals surface area contributed by atoms with E-state index in [0.29, 0.717) is 18.7 Å². The number of hydrogen-bond acceptors (Lipinski definition) is 4. The summed E-state index contributed by atoms with van der Waals surface area (Å²) in [7, 11) is 2.20. The lowest BCUT2D eigenvalue weighted by Crippen LogP contribution is -2.55. The second kappa shape index (κ2) is 6.35. The summed E-state index contributed by atoms with van der Waals surface area (Å²) in [6.45, 7) is 9.44.